The van der Waals surface area contributed by atoms with Gasteiger partial charge in [-0.25, -0.2) is 4.79 Å². The first-order chi connectivity index (χ1) is 10.2. The Balaban J connectivity index is 2.92. The second-order valence-corrected chi connectivity index (χ2v) is 4.48. The second-order valence-electron chi connectivity index (χ2n) is 4.07. The summed E-state index contributed by atoms with van der Waals surface area (Å²) in [5.74, 6) is 0.0330. The largest absolute Gasteiger partial charge is 0.496 e. The van der Waals surface area contributed by atoms with E-state index >= 15 is 0 Å². The van der Waals surface area contributed by atoms with Crippen LogP contribution in [0.5, 0.6) is 5.75 Å². The summed E-state index contributed by atoms with van der Waals surface area (Å²) >= 11 is 6.17. The molecule has 0 aliphatic carbocycles. The van der Waals surface area contributed by atoms with Gasteiger partial charge in [0.15, 0.2) is 0 Å². The number of benzene rings is 1. The lowest BCUT2D eigenvalue weighted by Gasteiger charge is -2.20. The van der Waals surface area contributed by atoms with Gasteiger partial charge in [-0.3, -0.25) is 0 Å². The van der Waals surface area contributed by atoms with E-state index in [0.717, 1.165) is 0 Å². The van der Waals surface area contributed by atoms with Crippen molar-refractivity contribution in [2.75, 3.05) is 27.3 Å². The molecule has 0 aliphatic rings. The molecule has 0 spiro atoms. The molecule has 1 N–H and O–H groups in total. The Morgan fingerprint density at radius 3 is 2.90 bits per heavy atom. The number of azide groups is 1. The summed E-state index contributed by atoms with van der Waals surface area (Å²) in [7, 11) is 2.81. The van der Waals surface area contributed by atoms with Crippen molar-refractivity contribution in [3.05, 3.63) is 39.2 Å². The van der Waals surface area contributed by atoms with Crippen LogP contribution in [0.25, 0.3) is 10.4 Å². The number of esters is 1. The fourth-order valence-corrected chi connectivity index (χ4v) is 2.11. The minimum absolute atomic E-state index is 0.344. The molecular weight excluding hydrogens is 296 g/mol. The number of hydrogen-bond acceptors (Lipinski definition) is 5. The average molecular weight is 313 g/mol. The lowest BCUT2D eigenvalue weighted by molar-refractivity contribution is -0.143. The summed E-state index contributed by atoms with van der Waals surface area (Å²) in [5.41, 5.74) is 8.74. The first kappa shape index (κ1) is 17.1. The maximum Gasteiger partial charge on any atom is 0.327 e. The Morgan fingerprint density at radius 1 is 1.52 bits per heavy atom. The van der Waals surface area contributed by atoms with Crippen LogP contribution >= 0.6 is 11.6 Å². The molecule has 0 bridgehead atoms. The minimum Gasteiger partial charge on any atom is -0.496 e. The van der Waals surface area contributed by atoms with Crippen molar-refractivity contribution >= 4 is 17.6 Å². The summed E-state index contributed by atoms with van der Waals surface area (Å²) in [6.45, 7) is 0.810. The van der Waals surface area contributed by atoms with Crippen molar-refractivity contribution in [2.45, 2.75) is 12.5 Å². The molecule has 7 nitrogen and oxygen atoms in total. The van der Waals surface area contributed by atoms with Gasteiger partial charge in [-0.1, -0.05) is 22.8 Å². The van der Waals surface area contributed by atoms with E-state index in [-0.39, 0.29) is 0 Å². The number of ether oxygens (including phenoxy) is 2. The molecule has 0 amide bonds. The molecule has 0 fully saturated rings. The Bertz CT molecular complexity index is 532. The molecule has 114 valence electrons. The van der Waals surface area contributed by atoms with Gasteiger partial charge in [0.25, 0.3) is 0 Å². The highest BCUT2D eigenvalue weighted by molar-refractivity contribution is 6.31. The van der Waals surface area contributed by atoms with Crippen LogP contribution in [0.15, 0.2) is 23.3 Å². The third-order valence-corrected chi connectivity index (χ3v) is 3.13. The molecule has 1 aromatic rings. The van der Waals surface area contributed by atoms with Gasteiger partial charge in [0.1, 0.15) is 11.8 Å². The zero-order chi connectivity index (χ0) is 15.7. The number of nitrogens with zero attached hydrogens (tertiary/aromatic N) is 3. The van der Waals surface area contributed by atoms with Crippen molar-refractivity contribution in [1.29, 1.82) is 0 Å². The summed E-state index contributed by atoms with van der Waals surface area (Å²) in [5, 5.41) is 6.88. The highest BCUT2D eigenvalue weighted by Gasteiger charge is 2.26. The van der Waals surface area contributed by atoms with Crippen LogP contribution in [0.4, 0.5) is 0 Å². The number of halogens is 1. The molecule has 1 aromatic carbocycles. The van der Waals surface area contributed by atoms with Gasteiger partial charge in [0.2, 0.25) is 0 Å². The minimum atomic E-state index is -0.746. The summed E-state index contributed by atoms with van der Waals surface area (Å²) in [4.78, 5) is 14.6. The molecule has 0 aromatic heterocycles. The summed E-state index contributed by atoms with van der Waals surface area (Å²) in [6.07, 6.45) is 0.588. The van der Waals surface area contributed by atoms with Gasteiger partial charge in [-0.2, -0.15) is 0 Å². The Hall–Kier alpha value is -1.95. The van der Waals surface area contributed by atoms with Crippen molar-refractivity contribution in [2.24, 2.45) is 5.11 Å². The van der Waals surface area contributed by atoms with E-state index in [4.69, 9.17) is 26.6 Å². The van der Waals surface area contributed by atoms with Crippen LogP contribution in [0.2, 0.25) is 5.02 Å². The smallest absolute Gasteiger partial charge is 0.327 e. The predicted octanol–water partition coefficient (Wildman–Crippen LogP) is 2.85. The first-order valence-electron chi connectivity index (χ1n) is 6.30. The van der Waals surface area contributed by atoms with Gasteiger partial charge in [-0.15, -0.1) is 0 Å². The normalized spacial score (nSPS) is 11.4. The third-order valence-electron chi connectivity index (χ3n) is 2.80. The number of carbonyl (C=O) groups excluding carboxylic acids is 1. The van der Waals surface area contributed by atoms with E-state index in [1.54, 1.807) is 18.2 Å². The van der Waals surface area contributed by atoms with Crippen LogP contribution in [-0.4, -0.2) is 33.3 Å². The lowest BCUT2D eigenvalue weighted by Crippen LogP contribution is -2.31. The average Bonchev–Trinajstić information content (AvgIpc) is 2.50. The molecular formula is C13H17ClN4O3. The van der Waals surface area contributed by atoms with Crippen molar-refractivity contribution in [1.82, 2.24) is 5.32 Å². The quantitative estimate of drug-likeness (QED) is 0.262. The molecule has 1 rings (SSSR count). The second kappa shape index (κ2) is 9.07. The Morgan fingerprint density at radius 2 is 2.29 bits per heavy atom. The molecule has 0 heterocycles. The fraction of sp³-hybridized carbons (Fsp3) is 0.462. The lowest BCUT2D eigenvalue weighted by atomic mass is 10.1. The van der Waals surface area contributed by atoms with Crippen LogP contribution < -0.4 is 10.1 Å². The monoisotopic (exact) mass is 312 g/mol. The van der Waals surface area contributed by atoms with E-state index in [2.05, 4.69) is 15.3 Å². The fourth-order valence-electron chi connectivity index (χ4n) is 1.84. The van der Waals surface area contributed by atoms with Gasteiger partial charge in [-0.05, 0) is 30.6 Å². The Kier molecular flexibility index (Phi) is 7.39. The highest BCUT2D eigenvalue weighted by Crippen LogP contribution is 2.32. The third kappa shape index (κ3) is 4.82. The SMILES string of the molecule is COC(=O)C(NCCCN=[N+]=[N-])c1c(Cl)cccc1OC. The zero-order valence-electron chi connectivity index (χ0n) is 11.9. The highest BCUT2D eigenvalue weighted by atomic mass is 35.5. The summed E-state index contributed by atoms with van der Waals surface area (Å²) in [6, 6.07) is 4.39. The number of rotatable bonds is 8. The molecule has 21 heavy (non-hydrogen) atoms. The van der Waals surface area contributed by atoms with Crippen LogP contribution in [0.1, 0.15) is 18.0 Å². The van der Waals surface area contributed by atoms with E-state index in [1.165, 1.54) is 14.2 Å². The molecule has 1 atom stereocenters. The van der Waals surface area contributed by atoms with Crippen LogP contribution in [0.3, 0.4) is 0 Å². The maximum atomic E-state index is 12.0. The van der Waals surface area contributed by atoms with E-state index in [1.807, 2.05) is 0 Å². The number of methoxy groups -OCH3 is 2. The standard InChI is InChI=1S/C13H17ClN4O3/c1-20-10-6-3-5-9(14)11(10)12(13(19)21-2)16-7-4-8-17-18-15/h3,5-6,12,16H,4,7-8H2,1-2H3. The first-order valence-corrected chi connectivity index (χ1v) is 6.68. The molecule has 0 radical (unpaired) electrons. The zero-order valence-corrected chi connectivity index (χ0v) is 12.6. The topological polar surface area (TPSA) is 96.3 Å². The molecule has 8 heteroatoms. The number of hydrogen-bond donors (Lipinski definition) is 1. The maximum absolute atomic E-state index is 12.0. The predicted molar refractivity (Wildman–Crippen MR) is 79.4 cm³/mol. The number of carbonyl (C=O) groups is 1. The van der Waals surface area contributed by atoms with Gasteiger partial charge < -0.3 is 14.8 Å². The molecule has 1 unspecified atom stereocenters. The van der Waals surface area contributed by atoms with Crippen molar-refractivity contribution in [3.63, 3.8) is 0 Å². The molecule has 0 saturated heterocycles. The summed E-state index contributed by atoms with van der Waals surface area (Å²) < 4.78 is 10.0. The van der Waals surface area contributed by atoms with Crippen LogP contribution in [0, 0.1) is 0 Å². The van der Waals surface area contributed by atoms with E-state index < -0.39 is 12.0 Å². The van der Waals surface area contributed by atoms with E-state index in [0.29, 0.717) is 35.8 Å². The van der Waals surface area contributed by atoms with E-state index in [9.17, 15) is 4.79 Å². The van der Waals surface area contributed by atoms with Crippen LogP contribution in [-0.2, 0) is 9.53 Å². The van der Waals surface area contributed by atoms with Crippen molar-refractivity contribution in [3.8, 4) is 5.75 Å². The molecule has 0 saturated carbocycles. The number of nitrogens with one attached hydrogen (secondary N) is 1. The Labute approximate surface area is 127 Å². The van der Waals surface area contributed by atoms with Gasteiger partial charge >= 0.3 is 5.97 Å². The molecule has 0 aliphatic heterocycles. The van der Waals surface area contributed by atoms with Crippen molar-refractivity contribution < 1.29 is 14.3 Å². The van der Waals surface area contributed by atoms with Gasteiger partial charge in [0, 0.05) is 22.0 Å². The van der Waals surface area contributed by atoms with Gasteiger partial charge in [0.05, 0.1) is 14.2 Å².